The Labute approximate surface area is 163 Å². The van der Waals surface area contributed by atoms with Crippen molar-refractivity contribution in [3.63, 3.8) is 0 Å². The standard InChI is InChI=1S/C23H31N3O/c1-2-24(14-13-21-9-5-3-6-10-21)20-23(27)26-17-15-25(16-18-26)19-22-11-7-4-8-12-22/h3-12H,2,13-20H2,1H3. The van der Waals surface area contributed by atoms with Crippen LogP contribution in [-0.4, -0.2) is 66.4 Å². The van der Waals surface area contributed by atoms with Gasteiger partial charge in [0, 0.05) is 39.3 Å². The van der Waals surface area contributed by atoms with Crippen LogP contribution in [0, 0.1) is 0 Å². The van der Waals surface area contributed by atoms with Crippen LogP contribution in [-0.2, 0) is 17.8 Å². The molecule has 0 aliphatic carbocycles. The average molecular weight is 366 g/mol. The van der Waals surface area contributed by atoms with Crippen molar-refractivity contribution in [2.75, 3.05) is 45.8 Å². The third kappa shape index (κ3) is 6.19. The van der Waals surface area contributed by atoms with Gasteiger partial charge in [0.15, 0.2) is 0 Å². The third-order valence-corrected chi connectivity index (χ3v) is 5.34. The molecule has 0 radical (unpaired) electrons. The Balaban J connectivity index is 1.41. The van der Waals surface area contributed by atoms with Crippen molar-refractivity contribution >= 4 is 5.91 Å². The summed E-state index contributed by atoms with van der Waals surface area (Å²) in [6, 6.07) is 21.1. The fraction of sp³-hybridized carbons (Fsp3) is 0.435. The Hall–Kier alpha value is -2.17. The van der Waals surface area contributed by atoms with E-state index < -0.39 is 0 Å². The number of nitrogens with zero attached hydrogens (tertiary/aromatic N) is 3. The van der Waals surface area contributed by atoms with Crippen LogP contribution in [0.3, 0.4) is 0 Å². The number of piperazine rings is 1. The molecule has 0 atom stereocenters. The van der Waals surface area contributed by atoms with Crippen LogP contribution in [0.5, 0.6) is 0 Å². The summed E-state index contributed by atoms with van der Waals surface area (Å²) in [6.07, 6.45) is 0.993. The molecule has 0 bridgehead atoms. The molecule has 27 heavy (non-hydrogen) atoms. The number of benzene rings is 2. The molecular weight excluding hydrogens is 334 g/mol. The summed E-state index contributed by atoms with van der Waals surface area (Å²) in [4.78, 5) is 19.4. The van der Waals surface area contributed by atoms with Gasteiger partial charge in [-0.3, -0.25) is 14.6 Å². The molecule has 1 amide bonds. The predicted octanol–water partition coefficient (Wildman–Crippen LogP) is 2.90. The lowest BCUT2D eigenvalue weighted by atomic mass is 10.1. The molecule has 1 heterocycles. The van der Waals surface area contributed by atoms with Crippen LogP contribution in [0.15, 0.2) is 60.7 Å². The second-order valence-electron chi connectivity index (χ2n) is 7.25. The Bertz CT molecular complexity index is 681. The number of hydrogen-bond acceptors (Lipinski definition) is 3. The van der Waals surface area contributed by atoms with Gasteiger partial charge in [-0.1, -0.05) is 67.6 Å². The molecule has 0 N–H and O–H groups in total. The van der Waals surface area contributed by atoms with Gasteiger partial charge in [-0.2, -0.15) is 0 Å². The fourth-order valence-corrected chi connectivity index (χ4v) is 3.57. The first kappa shape index (κ1) is 19.6. The maximum absolute atomic E-state index is 12.7. The summed E-state index contributed by atoms with van der Waals surface area (Å²) in [5.74, 6) is 0.268. The van der Waals surface area contributed by atoms with Crippen LogP contribution in [0.4, 0.5) is 0 Å². The highest BCUT2D eigenvalue weighted by molar-refractivity contribution is 5.78. The first-order valence-electron chi connectivity index (χ1n) is 10.0. The second kappa shape index (κ2) is 10.2. The van der Waals surface area contributed by atoms with Gasteiger partial charge in [0.2, 0.25) is 5.91 Å². The Morgan fingerprint density at radius 3 is 2.07 bits per heavy atom. The van der Waals surface area contributed by atoms with Crippen LogP contribution in [0.1, 0.15) is 18.1 Å². The minimum Gasteiger partial charge on any atom is -0.339 e. The lowest BCUT2D eigenvalue weighted by Gasteiger charge is -2.35. The highest BCUT2D eigenvalue weighted by atomic mass is 16.2. The Kier molecular flexibility index (Phi) is 7.43. The van der Waals surface area contributed by atoms with Gasteiger partial charge < -0.3 is 4.90 Å². The summed E-state index contributed by atoms with van der Waals surface area (Å²) in [6.45, 7) is 9.06. The van der Waals surface area contributed by atoms with Crippen molar-refractivity contribution in [3.05, 3.63) is 71.8 Å². The van der Waals surface area contributed by atoms with E-state index in [1.165, 1.54) is 11.1 Å². The highest BCUT2D eigenvalue weighted by Crippen LogP contribution is 2.09. The molecule has 1 fully saturated rings. The van der Waals surface area contributed by atoms with Gasteiger partial charge in [-0.25, -0.2) is 0 Å². The molecule has 1 aliphatic rings. The van der Waals surface area contributed by atoms with E-state index in [4.69, 9.17) is 0 Å². The maximum Gasteiger partial charge on any atom is 0.236 e. The number of likely N-dealkylation sites (N-methyl/N-ethyl adjacent to an activating group) is 1. The van der Waals surface area contributed by atoms with E-state index >= 15 is 0 Å². The monoisotopic (exact) mass is 365 g/mol. The van der Waals surface area contributed by atoms with Gasteiger partial charge in [-0.05, 0) is 24.1 Å². The van der Waals surface area contributed by atoms with Gasteiger partial charge in [0.25, 0.3) is 0 Å². The maximum atomic E-state index is 12.7. The number of hydrogen-bond donors (Lipinski definition) is 0. The van der Waals surface area contributed by atoms with Crippen LogP contribution in [0.25, 0.3) is 0 Å². The third-order valence-electron chi connectivity index (χ3n) is 5.34. The van der Waals surface area contributed by atoms with Crippen molar-refractivity contribution in [2.24, 2.45) is 0 Å². The number of carbonyl (C=O) groups is 1. The molecule has 4 nitrogen and oxygen atoms in total. The molecule has 2 aromatic rings. The Morgan fingerprint density at radius 1 is 0.889 bits per heavy atom. The van der Waals surface area contributed by atoms with Crippen molar-refractivity contribution in [2.45, 2.75) is 19.9 Å². The molecular formula is C23H31N3O. The van der Waals surface area contributed by atoms with Gasteiger partial charge in [0.1, 0.15) is 0 Å². The van der Waals surface area contributed by atoms with Crippen molar-refractivity contribution in [1.82, 2.24) is 14.7 Å². The first-order valence-corrected chi connectivity index (χ1v) is 10.0. The fourth-order valence-electron chi connectivity index (χ4n) is 3.57. The highest BCUT2D eigenvalue weighted by Gasteiger charge is 2.22. The molecule has 0 aromatic heterocycles. The lowest BCUT2D eigenvalue weighted by Crippen LogP contribution is -2.51. The topological polar surface area (TPSA) is 26.8 Å². The second-order valence-corrected chi connectivity index (χ2v) is 7.25. The van der Waals surface area contributed by atoms with E-state index in [0.717, 1.165) is 52.2 Å². The summed E-state index contributed by atoms with van der Waals surface area (Å²) >= 11 is 0. The summed E-state index contributed by atoms with van der Waals surface area (Å²) < 4.78 is 0. The number of amides is 1. The zero-order valence-corrected chi connectivity index (χ0v) is 16.4. The van der Waals surface area contributed by atoms with Crippen LogP contribution < -0.4 is 0 Å². The zero-order valence-electron chi connectivity index (χ0n) is 16.4. The van der Waals surface area contributed by atoms with Gasteiger partial charge >= 0.3 is 0 Å². The van der Waals surface area contributed by atoms with Crippen molar-refractivity contribution in [1.29, 1.82) is 0 Å². The smallest absolute Gasteiger partial charge is 0.236 e. The van der Waals surface area contributed by atoms with E-state index in [2.05, 4.69) is 71.3 Å². The van der Waals surface area contributed by atoms with Gasteiger partial charge in [0.05, 0.1) is 6.54 Å². The molecule has 0 spiro atoms. The quantitative estimate of drug-likeness (QED) is 0.720. The minimum absolute atomic E-state index is 0.268. The summed E-state index contributed by atoms with van der Waals surface area (Å²) in [7, 11) is 0. The molecule has 2 aromatic carbocycles. The lowest BCUT2D eigenvalue weighted by molar-refractivity contribution is -0.134. The molecule has 144 valence electrons. The number of carbonyl (C=O) groups excluding carboxylic acids is 1. The van der Waals surface area contributed by atoms with E-state index in [0.29, 0.717) is 6.54 Å². The SMILES string of the molecule is CCN(CCc1ccccc1)CC(=O)N1CCN(Cc2ccccc2)CC1. The van der Waals surface area contributed by atoms with E-state index in [9.17, 15) is 4.79 Å². The van der Waals surface area contributed by atoms with Crippen LogP contribution >= 0.6 is 0 Å². The van der Waals surface area contributed by atoms with Crippen molar-refractivity contribution < 1.29 is 4.79 Å². The first-order chi connectivity index (χ1) is 13.2. The minimum atomic E-state index is 0.268. The number of rotatable bonds is 8. The molecule has 0 unspecified atom stereocenters. The van der Waals surface area contributed by atoms with Crippen LogP contribution in [0.2, 0.25) is 0 Å². The molecule has 1 aliphatic heterocycles. The molecule has 4 heteroatoms. The normalized spacial score (nSPS) is 15.3. The molecule has 0 saturated carbocycles. The Morgan fingerprint density at radius 2 is 1.48 bits per heavy atom. The average Bonchev–Trinajstić information content (AvgIpc) is 2.73. The predicted molar refractivity (Wildman–Crippen MR) is 111 cm³/mol. The van der Waals surface area contributed by atoms with Crippen molar-refractivity contribution in [3.8, 4) is 0 Å². The summed E-state index contributed by atoms with van der Waals surface area (Å²) in [5, 5.41) is 0. The zero-order chi connectivity index (χ0) is 18.9. The molecule has 1 saturated heterocycles. The van der Waals surface area contributed by atoms with E-state index in [-0.39, 0.29) is 5.91 Å². The largest absolute Gasteiger partial charge is 0.339 e. The van der Waals surface area contributed by atoms with Gasteiger partial charge in [-0.15, -0.1) is 0 Å². The molecule has 3 rings (SSSR count). The van der Waals surface area contributed by atoms with E-state index in [1.54, 1.807) is 0 Å². The van der Waals surface area contributed by atoms with E-state index in [1.807, 2.05) is 11.0 Å². The summed E-state index contributed by atoms with van der Waals surface area (Å²) in [5.41, 5.74) is 2.67.